The number of aryl methyl sites for hydroxylation is 2. The van der Waals surface area contributed by atoms with Gasteiger partial charge >= 0.3 is 0 Å². The van der Waals surface area contributed by atoms with Crippen LogP contribution in [0.4, 0.5) is 5.69 Å². The van der Waals surface area contributed by atoms with Gasteiger partial charge in [-0.2, -0.15) is 0 Å². The second-order valence-corrected chi connectivity index (χ2v) is 10.9. The van der Waals surface area contributed by atoms with Crippen molar-refractivity contribution < 1.29 is 17.9 Å². The van der Waals surface area contributed by atoms with Gasteiger partial charge in [-0.25, -0.2) is 8.42 Å². The minimum atomic E-state index is -3.98. The molecular formula is C28H34N2O4S2. The van der Waals surface area contributed by atoms with Crippen LogP contribution in [0.5, 0.6) is 5.75 Å². The molecule has 8 heteroatoms. The molecule has 0 spiro atoms. The van der Waals surface area contributed by atoms with Crippen molar-refractivity contribution in [2.45, 2.75) is 49.9 Å². The van der Waals surface area contributed by atoms with Gasteiger partial charge < -0.3 is 10.1 Å². The Morgan fingerprint density at radius 3 is 2.19 bits per heavy atom. The molecule has 1 N–H and O–H groups in total. The highest BCUT2D eigenvalue weighted by Gasteiger charge is 2.27. The van der Waals surface area contributed by atoms with Crippen LogP contribution in [0.2, 0.25) is 0 Å². The van der Waals surface area contributed by atoms with Crippen molar-refractivity contribution in [1.82, 2.24) is 5.32 Å². The molecule has 0 aliphatic rings. The number of hydrogen-bond donors (Lipinski definition) is 1. The van der Waals surface area contributed by atoms with Gasteiger partial charge in [-0.1, -0.05) is 32.0 Å². The molecule has 0 atom stereocenters. The molecule has 0 saturated carbocycles. The number of sulfonamides is 1. The number of hydrogen-bond acceptors (Lipinski definition) is 5. The molecular weight excluding hydrogens is 492 g/mol. The smallest absolute Gasteiger partial charge is 0.264 e. The van der Waals surface area contributed by atoms with Crippen molar-refractivity contribution in [2.75, 3.05) is 23.7 Å². The topological polar surface area (TPSA) is 75.7 Å². The quantitative estimate of drug-likeness (QED) is 0.318. The van der Waals surface area contributed by atoms with Crippen LogP contribution < -0.4 is 14.4 Å². The molecule has 1 amide bonds. The zero-order valence-corrected chi connectivity index (χ0v) is 22.9. The molecule has 6 nitrogen and oxygen atoms in total. The van der Waals surface area contributed by atoms with Gasteiger partial charge in [0, 0.05) is 11.4 Å². The van der Waals surface area contributed by atoms with Crippen molar-refractivity contribution in [3.63, 3.8) is 0 Å². The van der Waals surface area contributed by atoms with E-state index in [1.807, 2.05) is 13.2 Å². The van der Waals surface area contributed by atoms with E-state index in [1.165, 1.54) is 17.3 Å². The van der Waals surface area contributed by atoms with Gasteiger partial charge in [0.2, 0.25) is 5.91 Å². The molecule has 3 aromatic carbocycles. The predicted molar refractivity (Wildman–Crippen MR) is 147 cm³/mol. The summed E-state index contributed by atoms with van der Waals surface area (Å²) in [5, 5.41) is 2.93. The summed E-state index contributed by atoms with van der Waals surface area (Å²) in [5.74, 6) is 0.257. The molecule has 0 aromatic heterocycles. The molecule has 0 radical (unpaired) electrons. The maximum absolute atomic E-state index is 13.6. The summed E-state index contributed by atoms with van der Waals surface area (Å²) >= 11 is 1.53. The van der Waals surface area contributed by atoms with Crippen molar-refractivity contribution in [3.8, 4) is 5.75 Å². The average Bonchev–Trinajstić information content (AvgIpc) is 2.91. The van der Waals surface area contributed by atoms with Crippen molar-refractivity contribution in [2.24, 2.45) is 0 Å². The number of benzene rings is 3. The van der Waals surface area contributed by atoms with E-state index in [1.54, 1.807) is 48.5 Å². The Morgan fingerprint density at radius 1 is 0.917 bits per heavy atom. The normalized spacial score (nSPS) is 11.2. The number of nitrogens with zero attached hydrogens (tertiary/aromatic N) is 1. The Bertz CT molecular complexity index is 1260. The number of amides is 1. The Hall–Kier alpha value is -2.97. The van der Waals surface area contributed by atoms with Crippen LogP contribution in [0, 0.1) is 0 Å². The Labute approximate surface area is 219 Å². The lowest BCUT2D eigenvalue weighted by molar-refractivity contribution is -0.119. The molecule has 0 unspecified atom stereocenters. The fourth-order valence-corrected chi connectivity index (χ4v) is 5.68. The van der Waals surface area contributed by atoms with Gasteiger partial charge in [-0.15, -0.1) is 11.8 Å². The first kappa shape index (κ1) is 27.6. The zero-order valence-electron chi connectivity index (χ0n) is 21.3. The molecule has 192 valence electrons. The van der Waals surface area contributed by atoms with Gasteiger partial charge in [0.05, 0.1) is 17.2 Å². The number of rotatable bonds is 12. The van der Waals surface area contributed by atoms with E-state index in [0.717, 1.165) is 33.2 Å². The number of anilines is 1. The number of carbonyl (C=O) groups excluding carboxylic acids is 1. The van der Waals surface area contributed by atoms with Crippen LogP contribution in [0.3, 0.4) is 0 Å². The summed E-state index contributed by atoms with van der Waals surface area (Å²) in [6.07, 6.45) is 3.69. The SMILES string of the molecule is CCOc1ccc(N(CC(=O)NCc2cc(CC)ccc2CC)S(=O)(=O)c2ccc(SC)cc2)cc1. The minimum Gasteiger partial charge on any atom is -0.494 e. The molecule has 0 heterocycles. The third-order valence-corrected chi connectivity index (χ3v) is 8.44. The molecule has 0 fully saturated rings. The lowest BCUT2D eigenvalue weighted by Crippen LogP contribution is -2.40. The second-order valence-electron chi connectivity index (χ2n) is 8.20. The maximum atomic E-state index is 13.6. The molecule has 0 bridgehead atoms. The third kappa shape index (κ3) is 6.83. The van der Waals surface area contributed by atoms with Crippen LogP contribution in [0.1, 0.15) is 37.5 Å². The lowest BCUT2D eigenvalue weighted by atomic mass is 10.0. The van der Waals surface area contributed by atoms with E-state index in [-0.39, 0.29) is 17.3 Å². The highest BCUT2D eigenvalue weighted by molar-refractivity contribution is 7.98. The third-order valence-electron chi connectivity index (χ3n) is 5.91. The summed E-state index contributed by atoms with van der Waals surface area (Å²) < 4.78 is 33.9. The first-order valence-corrected chi connectivity index (χ1v) is 14.8. The Morgan fingerprint density at radius 2 is 1.61 bits per heavy atom. The van der Waals surface area contributed by atoms with Crippen LogP contribution in [0.15, 0.2) is 76.5 Å². The molecule has 3 aromatic rings. The van der Waals surface area contributed by atoms with Gasteiger partial charge in [-0.3, -0.25) is 9.10 Å². The fraction of sp³-hybridized carbons (Fsp3) is 0.321. The minimum absolute atomic E-state index is 0.130. The summed E-state index contributed by atoms with van der Waals surface area (Å²) in [6.45, 7) is 6.56. The number of ether oxygens (including phenoxy) is 1. The maximum Gasteiger partial charge on any atom is 0.264 e. The average molecular weight is 527 g/mol. The number of thioether (sulfide) groups is 1. The zero-order chi connectivity index (χ0) is 26.1. The van der Waals surface area contributed by atoms with Crippen molar-refractivity contribution in [1.29, 1.82) is 0 Å². The van der Waals surface area contributed by atoms with Crippen LogP contribution in [0.25, 0.3) is 0 Å². The van der Waals surface area contributed by atoms with E-state index in [2.05, 4.69) is 37.4 Å². The summed E-state index contributed by atoms with van der Waals surface area (Å²) in [5.41, 5.74) is 3.80. The van der Waals surface area contributed by atoms with Crippen molar-refractivity contribution in [3.05, 3.63) is 83.4 Å². The Balaban J connectivity index is 1.87. The number of carbonyl (C=O) groups is 1. The van der Waals surface area contributed by atoms with E-state index >= 15 is 0 Å². The highest BCUT2D eigenvalue weighted by Crippen LogP contribution is 2.27. The first-order valence-electron chi connectivity index (χ1n) is 12.1. The number of nitrogens with one attached hydrogen (secondary N) is 1. The van der Waals surface area contributed by atoms with Crippen LogP contribution >= 0.6 is 11.8 Å². The highest BCUT2D eigenvalue weighted by atomic mass is 32.2. The molecule has 36 heavy (non-hydrogen) atoms. The molecule has 0 aliphatic heterocycles. The summed E-state index contributed by atoms with van der Waals surface area (Å²) in [7, 11) is -3.98. The lowest BCUT2D eigenvalue weighted by Gasteiger charge is -2.24. The van der Waals surface area contributed by atoms with Crippen molar-refractivity contribution >= 4 is 33.4 Å². The van der Waals surface area contributed by atoms with E-state index in [9.17, 15) is 13.2 Å². The van der Waals surface area contributed by atoms with Gasteiger partial charge in [0.1, 0.15) is 12.3 Å². The van der Waals surface area contributed by atoms with E-state index in [0.29, 0.717) is 24.6 Å². The van der Waals surface area contributed by atoms with Gasteiger partial charge in [0.15, 0.2) is 0 Å². The van der Waals surface area contributed by atoms with E-state index < -0.39 is 10.0 Å². The molecule has 0 saturated heterocycles. The van der Waals surface area contributed by atoms with Crippen LogP contribution in [-0.4, -0.2) is 33.7 Å². The fourth-order valence-electron chi connectivity index (χ4n) is 3.85. The standard InChI is InChI=1S/C28H34N2O4S2/c1-5-21-8-9-22(6-2)23(18-21)19-29-28(31)20-30(24-10-12-25(13-11-24)34-7-3)36(32,33)27-16-14-26(35-4)15-17-27/h8-18H,5-7,19-20H2,1-4H3,(H,29,31). The van der Waals surface area contributed by atoms with Crippen LogP contribution in [-0.2, 0) is 34.2 Å². The van der Waals surface area contributed by atoms with E-state index in [4.69, 9.17) is 4.74 Å². The second kappa shape index (κ2) is 12.8. The van der Waals surface area contributed by atoms with Gasteiger partial charge in [-0.05, 0) is 91.2 Å². The predicted octanol–water partition coefficient (Wildman–Crippen LogP) is 5.44. The summed E-state index contributed by atoms with van der Waals surface area (Å²) in [6, 6.07) is 19.7. The molecule has 3 rings (SSSR count). The monoisotopic (exact) mass is 526 g/mol. The van der Waals surface area contributed by atoms with Gasteiger partial charge in [0.25, 0.3) is 10.0 Å². The first-order chi connectivity index (χ1) is 17.3. The Kier molecular flexibility index (Phi) is 9.84. The molecule has 0 aliphatic carbocycles. The summed E-state index contributed by atoms with van der Waals surface area (Å²) in [4.78, 5) is 14.1. The largest absolute Gasteiger partial charge is 0.494 e.